The second kappa shape index (κ2) is 5.67. The molecule has 2 rings (SSSR count). The molecule has 94 valence electrons. The smallest absolute Gasteiger partial charge is 0.224 e. The second-order valence-corrected chi connectivity index (χ2v) is 5.51. The normalized spacial score (nSPS) is 24.4. The van der Waals surface area contributed by atoms with Crippen LogP contribution in [0.25, 0.3) is 0 Å². The van der Waals surface area contributed by atoms with Gasteiger partial charge >= 0.3 is 0 Å². The summed E-state index contributed by atoms with van der Waals surface area (Å²) in [7, 11) is 1.83. The van der Waals surface area contributed by atoms with Gasteiger partial charge in [-0.2, -0.15) is 4.98 Å². The number of hydrogen-bond acceptors (Lipinski definition) is 4. The predicted octanol–water partition coefficient (Wildman–Crippen LogP) is 3.27. The molecule has 1 aromatic rings. The van der Waals surface area contributed by atoms with Gasteiger partial charge in [-0.05, 0) is 34.7 Å². The molecule has 0 radical (unpaired) electrons. The number of aromatic nitrogens is 2. The maximum Gasteiger partial charge on any atom is 0.224 e. The zero-order chi connectivity index (χ0) is 12.3. The molecule has 0 bridgehead atoms. The van der Waals surface area contributed by atoms with Crippen molar-refractivity contribution in [3.8, 4) is 0 Å². The Bertz CT molecular complexity index is 383. The van der Waals surface area contributed by atoms with Crippen molar-refractivity contribution in [2.75, 3.05) is 17.7 Å². The lowest BCUT2D eigenvalue weighted by atomic mass is 9.86. The number of anilines is 2. The van der Waals surface area contributed by atoms with Gasteiger partial charge in [0.05, 0.1) is 4.47 Å². The third-order valence-corrected chi connectivity index (χ3v) is 3.98. The number of halogens is 1. The van der Waals surface area contributed by atoms with E-state index in [2.05, 4.69) is 43.5 Å². The SMILES string of the molecule is CNc1ncc(Br)c(NC2CCCCC2C)n1. The van der Waals surface area contributed by atoms with E-state index in [-0.39, 0.29) is 0 Å². The minimum atomic E-state index is 0.527. The number of rotatable bonds is 3. The Hall–Kier alpha value is -0.840. The zero-order valence-electron chi connectivity index (χ0n) is 10.3. The van der Waals surface area contributed by atoms with E-state index >= 15 is 0 Å². The van der Waals surface area contributed by atoms with Crippen LogP contribution in [0.3, 0.4) is 0 Å². The molecular formula is C12H19BrN4. The first-order chi connectivity index (χ1) is 8.20. The van der Waals surface area contributed by atoms with E-state index in [0.29, 0.717) is 17.9 Å². The van der Waals surface area contributed by atoms with Crippen LogP contribution >= 0.6 is 15.9 Å². The molecule has 0 aliphatic heterocycles. The van der Waals surface area contributed by atoms with Crippen molar-refractivity contribution in [1.29, 1.82) is 0 Å². The Morgan fingerprint density at radius 1 is 1.35 bits per heavy atom. The Morgan fingerprint density at radius 3 is 2.82 bits per heavy atom. The van der Waals surface area contributed by atoms with Crippen LogP contribution in [0.4, 0.5) is 11.8 Å². The molecule has 1 aliphatic carbocycles. The van der Waals surface area contributed by atoms with Crippen molar-refractivity contribution in [1.82, 2.24) is 9.97 Å². The molecule has 1 aliphatic rings. The van der Waals surface area contributed by atoms with Crippen molar-refractivity contribution in [3.63, 3.8) is 0 Å². The molecule has 2 N–H and O–H groups in total. The molecule has 0 aromatic carbocycles. The molecule has 1 heterocycles. The second-order valence-electron chi connectivity index (χ2n) is 4.65. The fourth-order valence-corrected chi connectivity index (χ4v) is 2.60. The van der Waals surface area contributed by atoms with Gasteiger partial charge in [0.1, 0.15) is 5.82 Å². The molecule has 0 spiro atoms. The first-order valence-corrected chi connectivity index (χ1v) is 6.97. The quantitative estimate of drug-likeness (QED) is 0.899. The molecule has 0 amide bonds. The molecular weight excluding hydrogens is 280 g/mol. The Labute approximate surface area is 111 Å². The molecule has 1 aromatic heterocycles. The van der Waals surface area contributed by atoms with E-state index in [1.807, 2.05) is 7.05 Å². The van der Waals surface area contributed by atoms with Crippen molar-refractivity contribution in [2.45, 2.75) is 38.6 Å². The molecule has 2 atom stereocenters. The minimum Gasteiger partial charge on any atom is -0.366 e. The molecule has 1 fully saturated rings. The van der Waals surface area contributed by atoms with Gasteiger partial charge in [0.25, 0.3) is 0 Å². The minimum absolute atomic E-state index is 0.527. The van der Waals surface area contributed by atoms with E-state index in [1.165, 1.54) is 25.7 Å². The third kappa shape index (κ3) is 3.09. The van der Waals surface area contributed by atoms with Crippen LogP contribution in [0.2, 0.25) is 0 Å². The van der Waals surface area contributed by atoms with Crippen LogP contribution < -0.4 is 10.6 Å². The first-order valence-electron chi connectivity index (χ1n) is 6.17. The highest BCUT2D eigenvalue weighted by atomic mass is 79.9. The monoisotopic (exact) mass is 298 g/mol. The summed E-state index contributed by atoms with van der Waals surface area (Å²) in [5.41, 5.74) is 0. The van der Waals surface area contributed by atoms with Crippen LogP contribution in [0.1, 0.15) is 32.6 Å². The van der Waals surface area contributed by atoms with Crippen LogP contribution in [0.5, 0.6) is 0 Å². The Morgan fingerprint density at radius 2 is 2.12 bits per heavy atom. The van der Waals surface area contributed by atoms with Crippen LogP contribution in [-0.2, 0) is 0 Å². The van der Waals surface area contributed by atoms with Crippen molar-refractivity contribution < 1.29 is 0 Å². The van der Waals surface area contributed by atoms with Gasteiger partial charge in [-0.1, -0.05) is 19.8 Å². The first kappa shape index (κ1) is 12.6. The average Bonchev–Trinajstić information content (AvgIpc) is 2.35. The summed E-state index contributed by atoms with van der Waals surface area (Å²) in [4.78, 5) is 8.60. The van der Waals surface area contributed by atoms with Crippen LogP contribution in [0.15, 0.2) is 10.7 Å². The molecule has 2 unspecified atom stereocenters. The van der Waals surface area contributed by atoms with Crippen molar-refractivity contribution in [2.24, 2.45) is 5.92 Å². The van der Waals surface area contributed by atoms with Gasteiger partial charge in [-0.15, -0.1) is 0 Å². The van der Waals surface area contributed by atoms with E-state index < -0.39 is 0 Å². The highest BCUT2D eigenvalue weighted by Crippen LogP contribution is 2.29. The fraction of sp³-hybridized carbons (Fsp3) is 0.667. The van der Waals surface area contributed by atoms with Gasteiger partial charge in [-0.3, -0.25) is 0 Å². The van der Waals surface area contributed by atoms with Gasteiger partial charge in [0.15, 0.2) is 0 Å². The highest BCUT2D eigenvalue weighted by Gasteiger charge is 2.22. The topological polar surface area (TPSA) is 49.8 Å². The lowest BCUT2D eigenvalue weighted by Gasteiger charge is -2.30. The van der Waals surface area contributed by atoms with Crippen molar-refractivity contribution in [3.05, 3.63) is 10.7 Å². The number of nitrogens with zero attached hydrogens (tertiary/aromatic N) is 2. The average molecular weight is 299 g/mol. The summed E-state index contributed by atoms with van der Waals surface area (Å²) in [5, 5.41) is 6.50. The predicted molar refractivity (Wildman–Crippen MR) is 74.3 cm³/mol. The third-order valence-electron chi connectivity index (χ3n) is 3.40. The van der Waals surface area contributed by atoms with Crippen molar-refractivity contribution >= 4 is 27.7 Å². The summed E-state index contributed by atoms with van der Waals surface area (Å²) >= 11 is 3.49. The number of nitrogens with one attached hydrogen (secondary N) is 2. The molecule has 17 heavy (non-hydrogen) atoms. The van der Waals surface area contributed by atoms with Gasteiger partial charge in [0, 0.05) is 19.3 Å². The van der Waals surface area contributed by atoms with Crippen LogP contribution in [0, 0.1) is 5.92 Å². The molecule has 5 heteroatoms. The maximum atomic E-state index is 4.44. The maximum absolute atomic E-state index is 4.44. The summed E-state index contributed by atoms with van der Waals surface area (Å²) < 4.78 is 0.925. The Kier molecular flexibility index (Phi) is 4.20. The van der Waals surface area contributed by atoms with E-state index in [1.54, 1.807) is 6.20 Å². The zero-order valence-corrected chi connectivity index (χ0v) is 11.9. The lowest BCUT2D eigenvalue weighted by molar-refractivity contribution is 0.349. The van der Waals surface area contributed by atoms with Gasteiger partial charge < -0.3 is 10.6 Å². The summed E-state index contributed by atoms with van der Waals surface area (Å²) in [6.45, 7) is 2.31. The fourth-order valence-electron chi connectivity index (χ4n) is 2.30. The standard InChI is InChI=1S/C12H19BrN4/c1-8-5-3-4-6-10(8)16-11-9(13)7-15-12(14-2)17-11/h7-8,10H,3-6H2,1-2H3,(H2,14,15,16,17). The lowest BCUT2D eigenvalue weighted by Crippen LogP contribution is -2.30. The molecule has 1 saturated carbocycles. The largest absolute Gasteiger partial charge is 0.366 e. The Balaban J connectivity index is 2.11. The van der Waals surface area contributed by atoms with E-state index in [0.717, 1.165) is 10.3 Å². The summed E-state index contributed by atoms with van der Waals surface area (Å²) in [6, 6.07) is 0.527. The summed E-state index contributed by atoms with van der Waals surface area (Å²) in [6.07, 6.45) is 6.98. The highest BCUT2D eigenvalue weighted by molar-refractivity contribution is 9.10. The van der Waals surface area contributed by atoms with Gasteiger partial charge in [-0.25, -0.2) is 4.98 Å². The van der Waals surface area contributed by atoms with Crippen LogP contribution in [-0.4, -0.2) is 23.1 Å². The van der Waals surface area contributed by atoms with E-state index in [4.69, 9.17) is 0 Å². The summed E-state index contributed by atoms with van der Waals surface area (Å²) in [5.74, 6) is 2.26. The molecule has 0 saturated heterocycles. The number of hydrogen-bond donors (Lipinski definition) is 2. The van der Waals surface area contributed by atoms with E-state index in [9.17, 15) is 0 Å². The molecule has 4 nitrogen and oxygen atoms in total. The van der Waals surface area contributed by atoms with Gasteiger partial charge in [0.2, 0.25) is 5.95 Å².